The van der Waals surface area contributed by atoms with Gasteiger partial charge in [0.15, 0.2) is 6.29 Å². The van der Waals surface area contributed by atoms with Crippen LogP contribution < -0.4 is 0 Å². The Morgan fingerprint density at radius 2 is 1.46 bits per heavy atom. The van der Waals surface area contributed by atoms with Gasteiger partial charge in [-0.15, -0.1) is 0 Å². The number of hydrogen-bond acceptors (Lipinski definition) is 6. The molecular weight excluding hydrogens is 184 g/mol. The van der Waals surface area contributed by atoms with Crippen LogP contribution in [0.2, 0.25) is 0 Å². The summed E-state index contributed by atoms with van der Waals surface area (Å²) in [6.07, 6.45) is -7.04. The van der Waals surface area contributed by atoms with E-state index in [-0.39, 0.29) is 5.48 Å². The smallest absolute Gasteiger partial charge is 0.184 e. The minimum absolute atomic E-state index is 0. The molecule has 1 aliphatic heterocycles. The molecule has 7 heteroatoms. The molecule has 7 N–H and O–H groups in total. The highest BCUT2D eigenvalue weighted by molar-refractivity contribution is 4.87. The molecule has 1 heterocycles. The van der Waals surface area contributed by atoms with Crippen molar-refractivity contribution in [3.8, 4) is 0 Å². The number of aliphatic hydroxyl groups is 5. The predicted molar refractivity (Wildman–Crippen MR) is 39.6 cm³/mol. The summed E-state index contributed by atoms with van der Waals surface area (Å²) in [6.45, 7) is -0.526. The summed E-state index contributed by atoms with van der Waals surface area (Å²) < 4.78 is 4.58. The molecule has 1 fully saturated rings. The molecule has 13 heavy (non-hydrogen) atoms. The average Bonchev–Trinajstić information content (AvgIpc) is 2.08. The topological polar surface area (TPSA) is 142 Å². The second-order valence-electron chi connectivity index (χ2n) is 2.72. The van der Waals surface area contributed by atoms with E-state index < -0.39 is 37.3 Å². The van der Waals surface area contributed by atoms with Crippen LogP contribution in [0.5, 0.6) is 0 Å². The van der Waals surface area contributed by atoms with Crippen molar-refractivity contribution in [2.45, 2.75) is 30.7 Å². The molecule has 1 rings (SSSR count). The Kier molecular flexibility index (Phi) is 4.71. The van der Waals surface area contributed by atoms with Crippen molar-refractivity contribution in [1.82, 2.24) is 0 Å². The fourth-order valence-corrected chi connectivity index (χ4v) is 1.08. The molecule has 0 saturated carbocycles. The number of aliphatic hydroxyl groups excluding tert-OH is 5. The lowest BCUT2D eigenvalue weighted by Gasteiger charge is -2.37. The molecule has 0 amide bonds. The zero-order chi connectivity index (χ0) is 9.30. The zero-order valence-corrected chi connectivity index (χ0v) is 6.74. The summed E-state index contributed by atoms with van der Waals surface area (Å²) in [7, 11) is 0. The molecule has 0 aromatic rings. The van der Waals surface area contributed by atoms with Gasteiger partial charge in [0.05, 0.1) is 6.61 Å². The van der Waals surface area contributed by atoms with E-state index in [1.807, 2.05) is 0 Å². The first-order chi connectivity index (χ1) is 5.57. The number of hydrogen-bond donors (Lipinski definition) is 5. The van der Waals surface area contributed by atoms with E-state index in [9.17, 15) is 0 Å². The maximum Gasteiger partial charge on any atom is 0.184 e. The minimum atomic E-state index is -1.57. The van der Waals surface area contributed by atoms with Gasteiger partial charge in [0.25, 0.3) is 0 Å². The van der Waals surface area contributed by atoms with E-state index in [1.165, 1.54) is 0 Å². The second-order valence-corrected chi connectivity index (χ2v) is 2.72. The van der Waals surface area contributed by atoms with Gasteiger partial charge in [0.2, 0.25) is 0 Å². The van der Waals surface area contributed by atoms with Gasteiger partial charge < -0.3 is 35.7 Å². The van der Waals surface area contributed by atoms with Crippen LogP contribution in [-0.4, -0.2) is 68.3 Å². The molecule has 1 aliphatic rings. The van der Waals surface area contributed by atoms with Gasteiger partial charge in [0.1, 0.15) is 24.4 Å². The van der Waals surface area contributed by atoms with E-state index in [0.29, 0.717) is 0 Å². The molecule has 1 saturated heterocycles. The van der Waals surface area contributed by atoms with Crippen LogP contribution in [-0.2, 0) is 4.74 Å². The zero-order valence-electron chi connectivity index (χ0n) is 6.74. The predicted octanol–water partition coefficient (Wildman–Crippen LogP) is -4.05. The van der Waals surface area contributed by atoms with E-state index in [2.05, 4.69) is 4.74 Å². The monoisotopic (exact) mass is 198 g/mol. The van der Waals surface area contributed by atoms with E-state index in [1.54, 1.807) is 0 Å². The summed E-state index contributed by atoms with van der Waals surface area (Å²) >= 11 is 0. The van der Waals surface area contributed by atoms with Crippen LogP contribution >= 0.6 is 0 Å². The molecule has 7 nitrogen and oxygen atoms in total. The minimum Gasteiger partial charge on any atom is -0.412 e. The summed E-state index contributed by atoms with van der Waals surface area (Å²) in [5.41, 5.74) is 0. The second kappa shape index (κ2) is 4.82. The Labute approximate surface area is 74.1 Å². The van der Waals surface area contributed by atoms with Crippen molar-refractivity contribution in [3.63, 3.8) is 0 Å². The molecule has 0 aromatic carbocycles. The molecule has 0 unspecified atom stereocenters. The Morgan fingerprint density at radius 3 is 1.92 bits per heavy atom. The van der Waals surface area contributed by atoms with Gasteiger partial charge in [-0.05, 0) is 0 Å². The van der Waals surface area contributed by atoms with Gasteiger partial charge in [-0.3, -0.25) is 0 Å². The van der Waals surface area contributed by atoms with Crippen molar-refractivity contribution in [2.24, 2.45) is 0 Å². The lowest BCUT2D eigenvalue weighted by Crippen LogP contribution is -2.58. The fourth-order valence-electron chi connectivity index (χ4n) is 1.08. The summed E-state index contributed by atoms with van der Waals surface area (Å²) in [4.78, 5) is 0. The largest absolute Gasteiger partial charge is 0.412 e. The molecule has 5 atom stereocenters. The Hall–Kier alpha value is -0.280. The summed E-state index contributed by atoms with van der Waals surface area (Å²) in [5, 5.41) is 44.7. The third kappa shape index (κ3) is 2.35. The number of ether oxygens (including phenoxy) is 1. The van der Waals surface area contributed by atoms with Crippen LogP contribution in [0.3, 0.4) is 0 Å². The maximum absolute atomic E-state index is 9.12. The standard InChI is InChI=1S/C6H12O6.H2O/c7-1-2-3(8)4(9)5(10)6(11)12-2;/h2-11H,1H2;1H2/t2-,3+,4+,5-,6-;/m1./s1. The maximum atomic E-state index is 9.12. The van der Waals surface area contributed by atoms with Gasteiger partial charge in [-0.2, -0.15) is 0 Å². The summed E-state index contributed by atoms with van der Waals surface area (Å²) in [5.74, 6) is 0. The first kappa shape index (κ1) is 12.7. The van der Waals surface area contributed by atoms with Crippen molar-refractivity contribution in [3.05, 3.63) is 0 Å². The van der Waals surface area contributed by atoms with Crippen LogP contribution in [0.25, 0.3) is 0 Å². The van der Waals surface area contributed by atoms with Gasteiger partial charge in [-0.25, -0.2) is 0 Å². The Morgan fingerprint density at radius 1 is 0.923 bits per heavy atom. The third-order valence-electron chi connectivity index (χ3n) is 1.87. The first-order valence-corrected chi connectivity index (χ1v) is 3.56. The van der Waals surface area contributed by atoms with Crippen molar-refractivity contribution in [1.29, 1.82) is 0 Å². The quantitative estimate of drug-likeness (QED) is 0.290. The summed E-state index contributed by atoms with van der Waals surface area (Å²) in [6, 6.07) is 0. The average molecular weight is 198 g/mol. The van der Waals surface area contributed by atoms with Gasteiger partial charge >= 0.3 is 0 Å². The SMILES string of the molecule is O.OC[C@H]1O[C@@H](O)[C@H](O)[C@@H](O)[C@H]1O. The molecule has 80 valence electrons. The highest BCUT2D eigenvalue weighted by Gasteiger charge is 2.42. The molecule has 0 radical (unpaired) electrons. The molecular formula is C6H14O7. The van der Waals surface area contributed by atoms with Crippen molar-refractivity contribution in [2.75, 3.05) is 6.61 Å². The first-order valence-electron chi connectivity index (χ1n) is 3.56. The molecule has 0 aromatic heterocycles. The highest BCUT2D eigenvalue weighted by atomic mass is 16.6. The van der Waals surface area contributed by atoms with Crippen LogP contribution in [0.15, 0.2) is 0 Å². The normalized spacial score (nSPS) is 45.5. The van der Waals surface area contributed by atoms with Crippen molar-refractivity contribution < 1.29 is 35.7 Å². The van der Waals surface area contributed by atoms with E-state index in [0.717, 1.165) is 0 Å². The Bertz CT molecular complexity index is 147. The van der Waals surface area contributed by atoms with Gasteiger partial charge in [0, 0.05) is 0 Å². The van der Waals surface area contributed by atoms with E-state index >= 15 is 0 Å². The number of rotatable bonds is 1. The van der Waals surface area contributed by atoms with Crippen LogP contribution in [0.1, 0.15) is 0 Å². The van der Waals surface area contributed by atoms with Gasteiger partial charge in [-0.1, -0.05) is 0 Å². The van der Waals surface area contributed by atoms with Crippen molar-refractivity contribution >= 4 is 0 Å². The molecule has 0 bridgehead atoms. The van der Waals surface area contributed by atoms with Crippen LogP contribution in [0.4, 0.5) is 0 Å². The fraction of sp³-hybridized carbons (Fsp3) is 1.00. The highest BCUT2D eigenvalue weighted by Crippen LogP contribution is 2.18. The Balaban J connectivity index is 0.00000144. The van der Waals surface area contributed by atoms with Crippen LogP contribution in [0, 0.1) is 0 Å². The van der Waals surface area contributed by atoms with E-state index in [4.69, 9.17) is 25.5 Å². The third-order valence-corrected chi connectivity index (χ3v) is 1.87. The molecule has 0 spiro atoms. The lowest BCUT2D eigenvalue weighted by molar-refractivity contribution is -0.286. The lowest BCUT2D eigenvalue weighted by atomic mass is 10.00. The molecule has 0 aliphatic carbocycles.